The molecule has 2 aromatic carbocycles. The topological polar surface area (TPSA) is 94.6 Å². The van der Waals surface area contributed by atoms with Crippen molar-refractivity contribution in [3.63, 3.8) is 0 Å². The maximum Gasteiger partial charge on any atom is 0.416 e. The average Bonchev–Trinajstić information content (AvgIpc) is 3.46. The number of aromatic nitrogens is 1. The Bertz CT molecular complexity index is 1360. The van der Waals surface area contributed by atoms with Gasteiger partial charge in [-0.25, -0.2) is 0 Å². The Labute approximate surface area is 236 Å². The molecule has 3 N–H and O–H groups in total. The summed E-state index contributed by atoms with van der Waals surface area (Å²) in [6, 6.07) is 18.3. The molecule has 1 atom stereocenters. The molecule has 10 heteroatoms. The SMILES string of the molecule is O=C(NCC(=O)N1CC[C@H](NC2CCC(O)(c3ccc(-c4ccccc4)cn3)CC2)C1)c1cccc(C(F)(F)F)c1. The largest absolute Gasteiger partial charge is 0.416 e. The van der Waals surface area contributed by atoms with Crippen LogP contribution in [0.15, 0.2) is 72.9 Å². The first-order chi connectivity index (χ1) is 19.6. The summed E-state index contributed by atoms with van der Waals surface area (Å²) in [5, 5.41) is 17.4. The van der Waals surface area contributed by atoms with Gasteiger partial charge in [-0.3, -0.25) is 14.6 Å². The molecule has 1 aliphatic heterocycles. The van der Waals surface area contributed by atoms with Gasteiger partial charge in [-0.2, -0.15) is 13.2 Å². The summed E-state index contributed by atoms with van der Waals surface area (Å²) >= 11 is 0. The van der Waals surface area contributed by atoms with Gasteiger partial charge in [0.25, 0.3) is 5.91 Å². The first-order valence-electron chi connectivity index (χ1n) is 13.8. The first-order valence-corrected chi connectivity index (χ1v) is 13.8. The number of hydrogen-bond donors (Lipinski definition) is 3. The van der Waals surface area contributed by atoms with Gasteiger partial charge < -0.3 is 20.6 Å². The molecule has 1 aliphatic carbocycles. The van der Waals surface area contributed by atoms with Crippen molar-refractivity contribution in [3.8, 4) is 11.1 Å². The Morgan fingerprint density at radius 3 is 2.39 bits per heavy atom. The minimum Gasteiger partial charge on any atom is -0.384 e. The van der Waals surface area contributed by atoms with Crippen LogP contribution >= 0.6 is 0 Å². The molecule has 5 rings (SSSR count). The molecule has 0 radical (unpaired) electrons. The highest BCUT2D eigenvalue weighted by atomic mass is 19.4. The van der Waals surface area contributed by atoms with Gasteiger partial charge in [0.05, 0.1) is 17.8 Å². The third kappa shape index (κ3) is 6.94. The van der Waals surface area contributed by atoms with Gasteiger partial charge in [-0.05, 0) is 61.9 Å². The second-order valence-electron chi connectivity index (χ2n) is 10.9. The fourth-order valence-electron chi connectivity index (χ4n) is 5.65. The summed E-state index contributed by atoms with van der Waals surface area (Å²) in [5.41, 5.74) is 0.734. The monoisotopic (exact) mass is 566 g/mol. The van der Waals surface area contributed by atoms with Crippen LogP contribution < -0.4 is 10.6 Å². The molecule has 3 aromatic rings. The molecular formula is C31H33F3N4O3. The van der Waals surface area contributed by atoms with E-state index in [2.05, 4.69) is 15.6 Å². The molecule has 1 aromatic heterocycles. The molecule has 7 nitrogen and oxygen atoms in total. The zero-order valence-electron chi connectivity index (χ0n) is 22.5. The number of aliphatic hydroxyl groups is 1. The quantitative estimate of drug-likeness (QED) is 0.391. The number of nitrogens with zero attached hydrogens (tertiary/aromatic N) is 2. The van der Waals surface area contributed by atoms with E-state index in [-0.39, 0.29) is 30.1 Å². The van der Waals surface area contributed by atoms with E-state index in [1.54, 1.807) is 11.1 Å². The summed E-state index contributed by atoms with van der Waals surface area (Å²) in [4.78, 5) is 31.2. The van der Waals surface area contributed by atoms with Gasteiger partial charge in [0.1, 0.15) is 5.60 Å². The number of pyridine rings is 1. The van der Waals surface area contributed by atoms with Crippen molar-refractivity contribution in [2.75, 3.05) is 19.6 Å². The lowest BCUT2D eigenvalue weighted by atomic mass is 9.79. The van der Waals surface area contributed by atoms with Crippen molar-refractivity contribution in [2.45, 2.75) is 56.0 Å². The Balaban J connectivity index is 1.06. The van der Waals surface area contributed by atoms with Gasteiger partial charge >= 0.3 is 6.18 Å². The third-order valence-corrected chi connectivity index (χ3v) is 8.02. The lowest BCUT2D eigenvalue weighted by molar-refractivity contribution is -0.137. The van der Waals surface area contributed by atoms with Crippen LogP contribution in [0.1, 0.15) is 53.7 Å². The van der Waals surface area contributed by atoms with Crippen molar-refractivity contribution < 1.29 is 27.9 Å². The Morgan fingerprint density at radius 2 is 1.71 bits per heavy atom. The minimum absolute atomic E-state index is 0.0950. The second-order valence-corrected chi connectivity index (χ2v) is 10.9. The maximum absolute atomic E-state index is 12.9. The van der Waals surface area contributed by atoms with Crippen LogP contribution in [0.3, 0.4) is 0 Å². The van der Waals surface area contributed by atoms with Crippen LogP contribution in [0.4, 0.5) is 13.2 Å². The molecule has 41 heavy (non-hydrogen) atoms. The number of carbonyl (C=O) groups excluding carboxylic acids is 2. The number of carbonyl (C=O) groups is 2. The van der Waals surface area contributed by atoms with Crippen molar-refractivity contribution in [1.29, 1.82) is 0 Å². The molecule has 0 spiro atoms. The van der Waals surface area contributed by atoms with Crippen LogP contribution in [-0.4, -0.2) is 58.5 Å². The van der Waals surface area contributed by atoms with Gasteiger partial charge in [0, 0.05) is 42.5 Å². The minimum atomic E-state index is -4.55. The van der Waals surface area contributed by atoms with Crippen molar-refractivity contribution in [2.24, 2.45) is 0 Å². The number of likely N-dealkylation sites (tertiary alicyclic amines) is 1. The number of nitrogens with one attached hydrogen (secondary N) is 2. The molecule has 2 heterocycles. The standard InChI is InChI=1S/C31H33F3N4O3/c32-31(33,34)24-8-4-7-22(17-24)29(40)36-19-28(39)38-16-13-26(20-38)37-25-11-14-30(41,15-12-25)27-10-9-23(18-35-27)21-5-2-1-3-6-21/h1-10,17-18,25-26,37,41H,11-16,19-20H2,(H,36,40)/t25?,26-,30?/m0/s1. The molecule has 0 bridgehead atoms. The van der Waals surface area contributed by atoms with Crippen molar-refractivity contribution in [1.82, 2.24) is 20.5 Å². The smallest absolute Gasteiger partial charge is 0.384 e. The fraction of sp³-hybridized carbons (Fsp3) is 0.387. The van der Waals surface area contributed by atoms with Crippen LogP contribution in [0, 0.1) is 0 Å². The maximum atomic E-state index is 12.9. The molecular weight excluding hydrogens is 533 g/mol. The van der Waals surface area contributed by atoms with E-state index in [0.29, 0.717) is 31.6 Å². The lowest BCUT2D eigenvalue weighted by Crippen LogP contribution is -2.46. The van der Waals surface area contributed by atoms with E-state index in [9.17, 15) is 27.9 Å². The van der Waals surface area contributed by atoms with Gasteiger partial charge in [-0.15, -0.1) is 0 Å². The Kier molecular flexibility index (Phi) is 8.42. The van der Waals surface area contributed by atoms with E-state index < -0.39 is 23.2 Å². The van der Waals surface area contributed by atoms with Crippen LogP contribution in [0.5, 0.6) is 0 Å². The molecule has 2 amide bonds. The number of amides is 2. The van der Waals surface area contributed by atoms with E-state index >= 15 is 0 Å². The zero-order chi connectivity index (χ0) is 29.0. The Hall–Kier alpha value is -3.76. The molecule has 2 fully saturated rings. The average molecular weight is 567 g/mol. The van der Waals surface area contributed by atoms with Crippen molar-refractivity contribution in [3.05, 3.63) is 89.7 Å². The predicted molar refractivity (Wildman–Crippen MR) is 148 cm³/mol. The van der Waals surface area contributed by atoms with Crippen LogP contribution in [0.25, 0.3) is 11.1 Å². The first kappa shape index (κ1) is 28.8. The Morgan fingerprint density at radius 1 is 0.951 bits per heavy atom. The summed E-state index contributed by atoms with van der Waals surface area (Å²) in [7, 11) is 0. The van der Waals surface area contributed by atoms with Crippen LogP contribution in [-0.2, 0) is 16.6 Å². The number of benzene rings is 2. The van der Waals surface area contributed by atoms with Crippen LogP contribution in [0.2, 0.25) is 0 Å². The van der Waals surface area contributed by atoms with E-state index in [1.807, 2.05) is 42.5 Å². The van der Waals surface area contributed by atoms with E-state index in [4.69, 9.17) is 0 Å². The summed E-state index contributed by atoms with van der Waals surface area (Å²) in [6.45, 7) is 0.736. The molecule has 1 saturated carbocycles. The molecule has 0 unspecified atom stereocenters. The van der Waals surface area contributed by atoms with Gasteiger partial charge in [0.15, 0.2) is 0 Å². The highest BCUT2D eigenvalue weighted by Gasteiger charge is 2.37. The normalized spacial score (nSPS) is 22.9. The summed E-state index contributed by atoms with van der Waals surface area (Å²) < 4.78 is 38.8. The third-order valence-electron chi connectivity index (χ3n) is 8.02. The summed E-state index contributed by atoms with van der Waals surface area (Å²) in [5.74, 6) is -1.00. The second kappa shape index (κ2) is 12.0. The molecule has 2 aliphatic rings. The predicted octanol–water partition coefficient (Wildman–Crippen LogP) is 4.52. The number of rotatable bonds is 7. The van der Waals surface area contributed by atoms with Crippen molar-refractivity contribution >= 4 is 11.8 Å². The number of hydrogen-bond acceptors (Lipinski definition) is 5. The van der Waals surface area contributed by atoms with E-state index in [0.717, 1.165) is 42.5 Å². The van der Waals surface area contributed by atoms with Gasteiger partial charge in [-0.1, -0.05) is 42.5 Å². The fourth-order valence-corrected chi connectivity index (χ4v) is 5.65. The number of alkyl halides is 3. The summed E-state index contributed by atoms with van der Waals surface area (Å²) in [6.07, 6.45) is 0.728. The molecule has 216 valence electrons. The molecule has 1 saturated heterocycles. The number of halogens is 3. The highest BCUT2D eigenvalue weighted by Crippen LogP contribution is 2.37. The highest BCUT2D eigenvalue weighted by molar-refractivity contribution is 5.96. The van der Waals surface area contributed by atoms with E-state index in [1.165, 1.54) is 12.1 Å². The lowest BCUT2D eigenvalue weighted by Gasteiger charge is -2.37. The van der Waals surface area contributed by atoms with Gasteiger partial charge in [0.2, 0.25) is 5.91 Å². The zero-order valence-corrected chi connectivity index (χ0v) is 22.5.